The van der Waals surface area contributed by atoms with E-state index in [0.717, 1.165) is 38.8 Å². The molecule has 2 heterocycles. The van der Waals surface area contributed by atoms with Crippen molar-refractivity contribution in [3.05, 3.63) is 53.3 Å². The van der Waals surface area contributed by atoms with Gasteiger partial charge in [0.15, 0.2) is 5.15 Å². The second-order valence-electron chi connectivity index (χ2n) is 6.41. The van der Waals surface area contributed by atoms with Crippen molar-refractivity contribution in [3.8, 4) is 5.75 Å². The van der Waals surface area contributed by atoms with Crippen LogP contribution in [0.4, 0.5) is 10.5 Å². The number of aromatic hydroxyl groups is 1. The van der Waals surface area contributed by atoms with Crippen molar-refractivity contribution in [2.45, 2.75) is 25.7 Å². The van der Waals surface area contributed by atoms with Crippen LogP contribution in [0.3, 0.4) is 0 Å². The molecule has 6 heteroatoms. The fraction of sp³-hybridized carbons (Fsp3) is 0.368. The van der Waals surface area contributed by atoms with Crippen LogP contribution in [0.5, 0.6) is 5.75 Å². The Morgan fingerprint density at radius 1 is 1.24 bits per heavy atom. The van der Waals surface area contributed by atoms with Crippen LogP contribution in [-0.2, 0) is 6.42 Å². The number of anilines is 1. The van der Waals surface area contributed by atoms with Crippen LogP contribution >= 0.6 is 11.6 Å². The van der Waals surface area contributed by atoms with Crippen LogP contribution in [0.1, 0.15) is 24.8 Å². The number of nitrogens with zero attached hydrogens (tertiary/aromatic N) is 2. The highest BCUT2D eigenvalue weighted by Crippen LogP contribution is 2.24. The van der Waals surface area contributed by atoms with E-state index in [1.165, 1.54) is 5.56 Å². The highest BCUT2D eigenvalue weighted by Gasteiger charge is 2.23. The predicted molar refractivity (Wildman–Crippen MR) is 99.0 cm³/mol. The van der Waals surface area contributed by atoms with E-state index < -0.39 is 0 Å². The molecule has 3 rings (SSSR count). The van der Waals surface area contributed by atoms with Crippen LogP contribution in [0, 0.1) is 5.92 Å². The molecule has 2 aromatic rings. The van der Waals surface area contributed by atoms with E-state index in [1.807, 2.05) is 17.0 Å². The normalized spacial score (nSPS) is 15.2. The predicted octanol–water partition coefficient (Wildman–Crippen LogP) is 4.32. The SMILES string of the molecule is O=C(Nc1cccnc1Cl)N1CCC(CCc2ccc(O)cc2)CC1. The zero-order chi connectivity index (χ0) is 17.6. The van der Waals surface area contributed by atoms with Crippen LogP contribution in [0.25, 0.3) is 0 Å². The standard InChI is InChI=1S/C19H22ClN3O2/c20-18-17(2-1-11-21-18)22-19(25)23-12-9-15(10-13-23)4-3-14-5-7-16(24)8-6-14/h1-2,5-8,11,15,24H,3-4,9-10,12-13H2,(H,22,25). The van der Waals surface area contributed by atoms with E-state index in [-0.39, 0.29) is 6.03 Å². The summed E-state index contributed by atoms with van der Waals surface area (Å²) in [6.45, 7) is 1.51. The number of aryl methyl sites for hydroxylation is 1. The number of phenolic OH excluding ortho intramolecular Hbond substituents is 1. The lowest BCUT2D eigenvalue weighted by Crippen LogP contribution is -2.41. The monoisotopic (exact) mass is 359 g/mol. The maximum absolute atomic E-state index is 12.3. The molecule has 0 aliphatic carbocycles. The minimum absolute atomic E-state index is 0.119. The van der Waals surface area contributed by atoms with Crippen molar-refractivity contribution in [1.29, 1.82) is 0 Å². The molecule has 0 radical (unpaired) electrons. The summed E-state index contributed by atoms with van der Waals surface area (Å²) < 4.78 is 0. The summed E-state index contributed by atoms with van der Waals surface area (Å²) in [4.78, 5) is 18.1. The highest BCUT2D eigenvalue weighted by molar-refractivity contribution is 6.32. The minimum atomic E-state index is -0.119. The highest BCUT2D eigenvalue weighted by atomic mass is 35.5. The average Bonchev–Trinajstić information content (AvgIpc) is 2.63. The second kappa shape index (κ2) is 8.21. The molecule has 2 N–H and O–H groups in total. The first kappa shape index (κ1) is 17.5. The lowest BCUT2D eigenvalue weighted by Gasteiger charge is -2.32. The first-order valence-electron chi connectivity index (χ1n) is 8.56. The number of urea groups is 1. The zero-order valence-corrected chi connectivity index (χ0v) is 14.7. The largest absolute Gasteiger partial charge is 0.508 e. The van der Waals surface area contributed by atoms with Crippen molar-refractivity contribution in [2.75, 3.05) is 18.4 Å². The van der Waals surface area contributed by atoms with Gasteiger partial charge in [-0.05, 0) is 61.4 Å². The maximum Gasteiger partial charge on any atom is 0.321 e. The summed E-state index contributed by atoms with van der Waals surface area (Å²) in [5, 5.41) is 12.5. The van der Waals surface area contributed by atoms with Gasteiger partial charge in [-0.1, -0.05) is 23.7 Å². The van der Waals surface area contributed by atoms with Gasteiger partial charge < -0.3 is 15.3 Å². The smallest absolute Gasteiger partial charge is 0.321 e. The van der Waals surface area contributed by atoms with Gasteiger partial charge in [-0.15, -0.1) is 0 Å². The Balaban J connectivity index is 1.44. The van der Waals surface area contributed by atoms with E-state index in [2.05, 4.69) is 10.3 Å². The fourth-order valence-corrected chi connectivity index (χ4v) is 3.30. The summed E-state index contributed by atoms with van der Waals surface area (Å²) in [6.07, 6.45) is 5.72. The number of rotatable bonds is 4. The number of benzene rings is 1. The molecular weight excluding hydrogens is 338 g/mol. The average molecular weight is 360 g/mol. The maximum atomic E-state index is 12.3. The Morgan fingerprint density at radius 2 is 1.96 bits per heavy atom. The second-order valence-corrected chi connectivity index (χ2v) is 6.77. The Hall–Kier alpha value is -2.27. The van der Waals surface area contributed by atoms with Gasteiger partial charge in [0.1, 0.15) is 5.75 Å². The summed E-state index contributed by atoms with van der Waals surface area (Å²) in [6, 6.07) is 10.8. The number of hydrogen-bond donors (Lipinski definition) is 2. The molecule has 132 valence electrons. The Bertz CT molecular complexity index is 713. The van der Waals surface area contributed by atoms with Crippen molar-refractivity contribution in [3.63, 3.8) is 0 Å². The third-order valence-corrected chi connectivity index (χ3v) is 4.98. The number of likely N-dealkylation sites (tertiary alicyclic amines) is 1. The van der Waals surface area contributed by atoms with Crippen LogP contribution in [0.2, 0.25) is 5.15 Å². The van der Waals surface area contributed by atoms with E-state index in [1.54, 1.807) is 30.5 Å². The van der Waals surface area contributed by atoms with E-state index in [0.29, 0.717) is 22.5 Å². The van der Waals surface area contributed by atoms with Gasteiger partial charge in [0, 0.05) is 19.3 Å². The van der Waals surface area contributed by atoms with Gasteiger partial charge in [-0.2, -0.15) is 0 Å². The number of carbonyl (C=O) groups excluding carboxylic acids is 1. The number of nitrogens with one attached hydrogen (secondary N) is 1. The van der Waals surface area contributed by atoms with Crippen molar-refractivity contribution < 1.29 is 9.90 Å². The number of phenols is 1. The van der Waals surface area contributed by atoms with Gasteiger partial charge in [-0.25, -0.2) is 9.78 Å². The summed E-state index contributed by atoms with van der Waals surface area (Å²) in [7, 11) is 0. The molecule has 0 bridgehead atoms. The quantitative estimate of drug-likeness (QED) is 0.799. The lowest BCUT2D eigenvalue weighted by molar-refractivity contribution is 0.180. The summed E-state index contributed by atoms with van der Waals surface area (Å²) >= 11 is 5.98. The van der Waals surface area contributed by atoms with Crippen molar-refractivity contribution in [1.82, 2.24) is 9.88 Å². The minimum Gasteiger partial charge on any atom is -0.508 e. The topological polar surface area (TPSA) is 65.5 Å². The molecular formula is C19H22ClN3O2. The molecule has 1 aromatic heterocycles. The van der Waals surface area contributed by atoms with Gasteiger partial charge in [0.05, 0.1) is 5.69 Å². The molecule has 1 fully saturated rings. The molecule has 0 atom stereocenters. The van der Waals surface area contributed by atoms with Gasteiger partial charge in [0.2, 0.25) is 0 Å². The van der Waals surface area contributed by atoms with E-state index >= 15 is 0 Å². The third kappa shape index (κ3) is 4.86. The number of halogens is 1. The first-order chi connectivity index (χ1) is 12.1. The molecule has 0 unspecified atom stereocenters. The first-order valence-corrected chi connectivity index (χ1v) is 8.94. The van der Waals surface area contributed by atoms with Crippen molar-refractivity contribution in [2.24, 2.45) is 5.92 Å². The molecule has 2 amide bonds. The fourth-order valence-electron chi connectivity index (χ4n) is 3.13. The lowest BCUT2D eigenvalue weighted by atomic mass is 9.90. The number of carbonyl (C=O) groups is 1. The van der Waals surface area contributed by atoms with Crippen LogP contribution < -0.4 is 5.32 Å². The molecule has 25 heavy (non-hydrogen) atoms. The van der Waals surface area contributed by atoms with E-state index in [4.69, 9.17) is 11.6 Å². The van der Waals surface area contributed by atoms with Gasteiger partial charge in [0.25, 0.3) is 0 Å². The molecule has 0 spiro atoms. The van der Waals surface area contributed by atoms with Gasteiger partial charge >= 0.3 is 6.03 Å². The molecule has 5 nitrogen and oxygen atoms in total. The number of piperidine rings is 1. The van der Waals surface area contributed by atoms with Crippen molar-refractivity contribution >= 4 is 23.3 Å². The molecule has 1 aliphatic heterocycles. The zero-order valence-electron chi connectivity index (χ0n) is 14.0. The number of pyridine rings is 1. The molecule has 1 aliphatic rings. The number of amides is 2. The molecule has 1 aromatic carbocycles. The van der Waals surface area contributed by atoms with Gasteiger partial charge in [-0.3, -0.25) is 0 Å². The number of aromatic nitrogens is 1. The van der Waals surface area contributed by atoms with E-state index in [9.17, 15) is 9.90 Å². The Labute approximate surface area is 152 Å². The Kier molecular flexibility index (Phi) is 5.76. The molecule has 0 saturated carbocycles. The Morgan fingerprint density at radius 3 is 2.64 bits per heavy atom. The third-order valence-electron chi connectivity index (χ3n) is 4.68. The summed E-state index contributed by atoms with van der Waals surface area (Å²) in [5.74, 6) is 0.927. The molecule has 1 saturated heterocycles. The number of hydrogen-bond acceptors (Lipinski definition) is 3. The summed E-state index contributed by atoms with van der Waals surface area (Å²) in [5.41, 5.74) is 1.79. The van der Waals surface area contributed by atoms with Crippen LogP contribution in [0.15, 0.2) is 42.6 Å². The van der Waals surface area contributed by atoms with Crippen LogP contribution in [-0.4, -0.2) is 34.1 Å².